The van der Waals surface area contributed by atoms with Gasteiger partial charge in [-0.2, -0.15) is 0 Å². The zero-order valence-electron chi connectivity index (χ0n) is 8.56. The molecule has 0 radical (unpaired) electrons. The van der Waals surface area contributed by atoms with Crippen molar-refractivity contribution in [2.45, 2.75) is 38.3 Å². The van der Waals surface area contributed by atoms with Gasteiger partial charge < -0.3 is 16.0 Å². The molecule has 1 saturated heterocycles. The molecule has 1 aliphatic heterocycles. The van der Waals surface area contributed by atoms with Crippen molar-refractivity contribution in [2.24, 2.45) is 10.9 Å². The van der Waals surface area contributed by atoms with Crippen LogP contribution in [0.2, 0.25) is 0 Å². The molecule has 82 valence electrons. The number of aliphatic hydroxyl groups excluding tert-OH is 1. The van der Waals surface area contributed by atoms with Crippen LogP contribution in [0.15, 0.2) is 5.16 Å². The zero-order chi connectivity index (χ0) is 10.6. The Balaban J connectivity index is 2.54. The number of likely N-dealkylation sites (tertiary alicyclic amines) is 1. The normalized spacial score (nSPS) is 27.6. The average molecular weight is 201 g/mol. The molecule has 0 amide bonds. The number of nitrogens with two attached hydrogens (primary N) is 1. The van der Waals surface area contributed by atoms with Gasteiger partial charge in [-0.15, -0.1) is 0 Å². The molecule has 5 nitrogen and oxygen atoms in total. The topological polar surface area (TPSA) is 82.1 Å². The fraction of sp³-hybridized carbons (Fsp3) is 0.889. The summed E-state index contributed by atoms with van der Waals surface area (Å²) >= 11 is 0. The fourth-order valence-corrected chi connectivity index (χ4v) is 2.00. The van der Waals surface area contributed by atoms with Crippen LogP contribution in [0.25, 0.3) is 0 Å². The number of rotatable bonds is 3. The molecule has 0 aromatic heterocycles. The Morgan fingerprint density at radius 1 is 1.64 bits per heavy atom. The van der Waals surface area contributed by atoms with Gasteiger partial charge in [-0.25, -0.2) is 0 Å². The van der Waals surface area contributed by atoms with E-state index in [0.29, 0.717) is 6.54 Å². The van der Waals surface area contributed by atoms with Crippen LogP contribution in [0.3, 0.4) is 0 Å². The molecule has 0 aliphatic carbocycles. The predicted octanol–water partition coefficient (Wildman–Crippen LogP) is -0.0319. The lowest BCUT2D eigenvalue weighted by molar-refractivity contribution is 0.0457. The SMILES string of the molecule is C[C@H](O)[C@H]1CCCCN1CC(N)=NO. The summed E-state index contributed by atoms with van der Waals surface area (Å²) in [6.07, 6.45) is 2.88. The molecule has 14 heavy (non-hydrogen) atoms. The Morgan fingerprint density at radius 3 is 2.93 bits per heavy atom. The van der Waals surface area contributed by atoms with Crippen molar-refractivity contribution >= 4 is 5.84 Å². The van der Waals surface area contributed by atoms with Crippen molar-refractivity contribution in [1.29, 1.82) is 0 Å². The Bertz CT molecular complexity index is 206. The Morgan fingerprint density at radius 2 is 2.36 bits per heavy atom. The first-order valence-electron chi connectivity index (χ1n) is 5.03. The summed E-state index contributed by atoms with van der Waals surface area (Å²) in [6, 6.07) is 0.143. The summed E-state index contributed by atoms with van der Waals surface area (Å²) in [4.78, 5) is 2.07. The molecule has 0 aromatic carbocycles. The van der Waals surface area contributed by atoms with Crippen LogP contribution in [0.4, 0.5) is 0 Å². The van der Waals surface area contributed by atoms with Crippen molar-refractivity contribution < 1.29 is 10.3 Å². The van der Waals surface area contributed by atoms with Gasteiger partial charge in [0, 0.05) is 6.04 Å². The van der Waals surface area contributed by atoms with Crippen LogP contribution in [-0.4, -0.2) is 46.3 Å². The maximum Gasteiger partial charge on any atom is 0.153 e. The van der Waals surface area contributed by atoms with Crippen molar-refractivity contribution in [1.82, 2.24) is 4.90 Å². The maximum absolute atomic E-state index is 9.55. The lowest BCUT2D eigenvalue weighted by Crippen LogP contribution is -2.49. The van der Waals surface area contributed by atoms with E-state index in [1.54, 1.807) is 6.92 Å². The summed E-state index contributed by atoms with van der Waals surface area (Å²) in [5.74, 6) is 0.206. The second kappa shape index (κ2) is 5.17. The highest BCUT2D eigenvalue weighted by molar-refractivity contribution is 5.81. The number of piperidine rings is 1. The monoisotopic (exact) mass is 201 g/mol. The molecule has 0 unspecified atom stereocenters. The third-order valence-corrected chi connectivity index (χ3v) is 2.71. The van der Waals surface area contributed by atoms with Crippen molar-refractivity contribution in [3.8, 4) is 0 Å². The molecular formula is C9H19N3O2. The molecule has 0 aromatic rings. The van der Waals surface area contributed by atoms with E-state index in [-0.39, 0.29) is 18.0 Å². The largest absolute Gasteiger partial charge is 0.409 e. The second-order valence-corrected chi connectivity index (χ2v) is 3.87. The van der Waals surface area contributed by atoms with Crippen LogP contribution in [0, 0.1) is 0 Å². The number of hydrogen-bond donors (Lipinski definition) is 3. The van der Waals surface area contributed by atoms with E-state index in [1.807, 2.05) is 0 Å². The number of amidine groups is 1. The number of nitrogens with zero attached hydrogens (tertiary/aromatic N) is 2. The second-order valence-electron chi connectivity index (χ2n) is 3.87. The van der Waals surface area contributed by atoms with Crippen LogP contribution < -0.4 is 5.73 Å². The van der Waals surface area contributed by atoms with Crippen molar-refractivity contribution in [2.75, 3.05) is 13.1 Å². The molecule has 4 N–H and O–H groups in total. The third-order valence-electron chi connectivity index (χ3n) is 2.71. The summed E-state index contributed by atoms with van der Waals surface area (Å²) in [5, 5.41) is 21.0. The molecule has 1 rings (SSSR count). The number of aliphatic hydroxyl groups is 1. The minimum atomic E-state index is -0.359. The minimum Gasteiger partial charge on any atom is -0.409 e. The molecular weight excluding hydrogens is 182 g/mol. The van der Waals surface area contributed by atoms with Crippen molar-refractivity contribution in [3.63, 3.8) is 0 Å². The average Bonchev–Trinajstić information content (AvgIpc) is 2.18. The number of oxime groups is 1. The first-order chi connectivity index (χ1) is 6.65. The van der Waals surface area contributed by atoms with E-state index < -0.39 is 0 Å². The van der Waals surface area contributed by atoms with Gasteiger partial charge in [0.1, 0.15) is 0 Å². The molecule has 0 saturated carbocycles. The van der Waals surface area contributed by atoms with E-state index in [2.05, 4.69) is 10.1 Å². The molecule has 5 heteroatoms. The zero-order valence-corrected chi connectivity index (χ0v) is 8.56. The van der Waals surface area contributed by atoms with E-state index >= 15 is 0 Å². The molecule has 1 fully saturated rings. The maximum atomic E-state index is 9.55. The Kier molecular flexibility index (Phi) is 4.16. The van der Waals surface area contributed by atoms with Crippen LogP contribution in [0.5, 0.6) is 0 Å². The standard InChI is InChI=1S/C9H19N3O2/c1-7(13)8-4-2-3-5-12(8)6-9(10)11-14/h7-8,13-14H,2-6H2,1H3,(H2,10,11)/t7-,8+/m0/s1. The van der Waals surface area contributed by atoms with Crippen molar-refractivity contribution in [3.05, 3.63) is 0 Å². The summed E-state index contributed by atoms with van der Waals surface area (Å²) in [7, 11) is 0. The van der Waals surface area contributed by atoms with Gasteiger partial charge in [0.2, 0.25) is 0 Å². The highest BCUT2D eigenvalue weighted by atomic mass is 16.4. The first-order valence-corrected chi connectivity index (χ1v) is 5.03. The van der Waals surface area contributed by atoms with Gasteiger partial charge >= 0.3 is 0 Å². The highest BCUT2D eigenvalue weighted by Gasteiger charge is 2.26. The smallest absolute Gasteiger partial charge is 0.153 e. The number of hydrogen-bond acceptors (Lipinski definition) is 4. The molecule has 2 atom stereocenters. The van der Waals surface area contributed by atoms with E-state index in [9.17, 15) is 5.11 Å². The van der Waals surface area contributed by atoms with E-state index in [1.165, 1.54) is 0 Å². The van der Waals surface area contributed by atoms with E-state index in [0.717, 1.165) is 25.8 Å². The summed E-state index contributed by atoms with van der Waals surface area (Å²) in [6.45, 7) is 3.13. The lowest BCUT2D eigenvalue weighted by atomic mass is 9.98. The highest BCUT2D eigenvalue weighted by Crippen LogP contribution is 2.19. The van der Waals surface area contributed by atoms with Gasteiger partial charge in [-0.1, -0.05) is 11.6 Å². The summed E-state index contributed by atoms with van der Waals surface area (Å²) in [5.41, 5.74) is 5.44. The molecule has 0 bridgehead atoms. The Labute approximate surface area is 84.2 Å². The van der Waals surface area contributed by atoms with Crippen LogP contribution in [0.1, 0.15) is 26.2 Å². The Hall–Kier alpha value is -0.810. The van der Waals surface area contributed by atoms with E-state index in [4.69, 9.17) is 10.9 Å². The quantitative estimate of drug-likeness (QED) is 0.259. The fourth-order valence-electron chi connectivity index (χ4n) is 2.00. The van der Waals surface area contributed by atoms with Gasteiger partial charge in [0.25, 0.3) is 0 Å². The minimum absolute atomic E-state index is 0.143. The van der Waals surface area contributed by atoms with Gasteiger partial charge in [0.15, 0.2) is 5.84 Å². The van der Waals surface area contributed by atoms with Gasteiger partial charge in [0.05, 0.1) is 12.6 Å². The van der Waals surface area contributed by atoms with Crippen LogP contribution in [-0.2, 0) is 0 Å². The van der Waals surface area contributed by atoms with Gasteiger partial charge in [-0.3, -0.25) is 4.90 Å². The molecule has 1 aliphatic rings. The van der Waals surface area contributed by atoms with Crippen LogP contribution >= 0.6 is 0 Å². The first kappa shape index (κ1) is 11.3. The third kappa shape index (κ3) is 2.85. The molecule has 1 heterocycles. The van der Waals surface area contributed by atoms with Gasteiger partial charge in [-0.05, 0) is 26.3 Å². The predicted molar refractivity (Wildman–Crippen MR) is 54.3 cm³/mol. The lowest BCUT2D eigenvalue weighted by Gasteiger charge is -2.36. The summed E-state index contributed by atoms with van der Waals surface area (Å²) < 4.78 is 0. The molecule has 0 spiro atoms.